The number of fused-ring (bicyclic) bond motifs is 1. The molecule has 0 unspecified atom stereocenters. The molecule has 5 nitrogen and oxygen atoms in total. The molecule has 0 aliphatic carbocycles. The van der Waals surface area contributed by atoms with Gasteiger partial charge in [0, 0.05) is 25.5 Å². The maximum Gasteiger partial charge on any atom is 0.490 e. The summed E-state index contributed by atoms with van der Waals surface area (Å²) in [7, 11) is 0. The van der Waals surface area contributed by atoms with Crippen molar-refractivity contribution in [1.29, 1.82) is 0 Å². The molecule has 21 heavy (non-hydrogen) atoms. The van der Waals surface area contributed by atoms with Crippen LogP contribution in [0.1, 0.15) is 11.1 Å². The molecule has 0 spiro atoms. The fraction of sp³-hybridized carbons (Fsp3) is 0.231. The highest BCUT2D eigenvalue weighted by atomic mass is 19.4. The first-order valence-electron chi connectivity index (χ1n) is 6.00. The quantitative estimate of drug-likeness (QED) is 0.846. The second-order valence-corrected chi connectivity index (χ2v) is 4.31. The highest BCUT2D eigenvalue weighted by Crippen LogP contribution is 2.18. The highest BCUT2D eigenvalue weighted by molar-refractivity contribution is 5.73. The van der Waals surface area contributed by atoms with Crippen LogP contribution in [0.25, 0.3) is 5.69 Å². The standard InChI is InChI=1S/C11H11N3.C2HF3O2/c1-4-13-14(5-1)11-3-2-9-7-12-8-10(9)6-11;3-2(4,5)1(6)7/h1-6,12H,7-8H2;(H,6,7). The monoisotopic (exact) mass is 299 g/mol. The van der Waals surface area contributed by atoms with Crippen molar-refractivity contribution in [2.45, 2.75) is 19.3 Å². The summed E-state index contributed by atoms with van der Waals surface area (Å²) in [4.78, 5) is 8.90. The van der Waals surface area contributed by atoms with E-state index in [-0.39, 0.29) is 0 Å². The van der Waals surface area contributed by atoms with Gasteiger partial charge in [0.2, 0.25) is 0 Å². The number of carboxylic acid groups (broad SMARTS) is 1. The van der Waals surface area contributed by atoms with Gasteiger partial charge in [-0.3, -0.25) is 0 Å². The maximum absolute atomic E-state index is 10.6. The molecule has 8 heteroatoms. The Bertz CT molecular complexity index is 624. The van der Waals surface area contributed by atoms with E-state index in [0.717, 1.165) is 18.8 Å². The van der Waals surface area contributed by atoms with Gasteiger partial charge in [0.15, 0.2) is 0 Å². The number of nitrogens with zero attached hydrogens (tertiary/aromatic N) is 2. The summed E-state index contributed by atoms with van der Waals surface area (Å²) in [5.41, 5.74) is 3.93. The van der Waals surface area contributed by atoms with Crippen LogP contribution in [0.15, 0.2) is 36.7 Å². The molecule has 0 fully saturated rings. The smallest absolute Gasteiger partial charge is 0.475 e. The van der Waals surface area contributed by atoms with Gasteiger partial charge in [-0.2, -0.15) is 18.3 Å². The summed E-state index contributed by atoms with van der Waals surface area (Å²) < 4.78 is 33.6. The SMILES string of the molecule is O=C(O)C(F)(F)F.c1cnn(-c2ccc3c(c2)CNC3)c1. The van der Waals surface area contributed by atoms with E-state index < -0.39 is 12.1 Å². The number of hydrogen-bond acceptors (Lipinski definition) is 3. The minimum absolute atomic E-state index is 0.977. The molecular weight excluding hydrogens is 287 g/mol. The molecular formula is C13H12F3N3O2. The van der Waals surface area contributed by atoms with E-state index in [0.29, 0.717) is 0 Å². The lowest BCUT2D eigenvalue weighted by molar-refractivity contribution is -0.192. The third kappa shape index (κ3) is 3.82. The Morgan fingerprint density at radius 2 is 1.95 bits per heavy atom. The normalized spacial score (nSPS) is 13.3. The predicted octanol–water partition coefficient (Wildman–Crippen LogP) is 2.11. The number of alkyl halides is 3. The van der Waals surface area contributed by atoms with Gasteiger partial charge in [0.1, 0.15) is 0 Å². The number of carbonyl (C=O) groups is 1. The summed E-state index contributed by atoms with van der Waals surface area (Å²) in [5.74, 6) is -2.76. The predicted molar refractivity (Wildman–Crippen MR) is 67.8 cm³/mol. The Labute approximate surface area is 118 Å². The summed E-state index contributed by atoms with van der Waals surface area (Å²) in [6.45, 7) is 1.97. The van der Waals surface area contributed by atoms with Crippen LogP contribution < -0.4 is 5.32 Å². The molecule has 1 aromatic heterocycles. The molecule has 0 radical (unpaired) electrons. The number of nitrogens with one attached hydrogen (secondary N) is 1. The summed E-state index contributed by atoms with van der Waals surface area (Å²) in [5, 5.41) is 14.7. The molecule has 3 rings (SSSR count). The van der Waals surface area contributed by atoms with Gasteiger partial charge in [-0.05, 0) is 29.3 Å². The molecule has 112 valence electrons. The molecule has 2 N–H and O–H groups in total. The second kappa shape index (κ2) is 5.96. The lowest BCUT2D eigenvalue weighted by Gasteiger charge is -2.03. The number of rotatable bonds is 1. The minimum Gasteiger partial charge on any atom is -0.475 e. The average Bonchev–Trinajstić information content (AvgIpc) is 3.09. The second-order valence-electron chi connectivity index (χ2n) is 4.31. The Kier molecular flexibility index (Phi) is 4.27. The molecule has 0 atom stereocenters. The summed E-state index contributed by atoms with van der Waals surface area (Å²) in [6, 6.07) is 8.42. The van der Waals surface area contributed by atoms with Crippen LogP contribution in [-0.2, 0) is 17.9 Å². The van der Waals surface area contributed by atoms with Crippen molar-refractivity contribution in [2.75, 3.05) is 0 Å². The molecule has 0 amide bonds. The van der Waals surface area contributed by atoms with Crippen LogP contribution in [0.2, 0.25) is 0 Å². The number of aliphatic carboxylic acids is 1. The number of hydrogen-bond donors (Lipinski definition) is 2. The van der Waals surface area contributed by atoms with E-state index in [1.807, 2.05) is 16.9 Å². The van der Waals surface area contributed by atoms with Gasteiger partial charge >= 0.3 is 12.1 Å². The Hall–Kier alpha value is -2.35. The van der Waals surface area contributed by atoms with E-state index in [9.17, 15) is 13.2 Å². The molecule has 1 aliphatic heterocycles. The van der Waals surface area contributed by atoms with Crippen molar-refractivity contribution in [3.63, 3.8) is 0 Å². The van der Waals surface area contributed by atoms with E-state index >= 15 is 0 Å². The Morgan fingerprint density at radius 1 is 1.29 bits per heavy atom. The van der Waals surface area contributed by atoms with Crippen LogP contribution >= 0.6 is 0 Å². The van der Waals surface area contributed by atoms with Gasteiger partial charge in [-0.15, -0.1) is 0 Å². The van der Waals surface area contributed by atoms with Crippen molar-refractivity contribution in [3.05, 3.63) is 47.8 Å². The van der Waals surface area contributed by atoms with Crippen LogP contribution in [0.3, 0.4) is 0 Å². The fourth-order valence-corrected chi connectivity index (χ4v) is 1.85. The third-order valence-corrected chi connectivity index (χ3v) is 2.83. The van der Waals surface area contributed by atoms with E-state index in [4.69, 9.17) is 9.90 Å². The first-order chi connectivity index (χ1) is 9.88. The minimum atomic E-state index is -5.08. The van der Waals surface area contributed by atoms with Crippen molar-refractivity contribution in [2.24, 2.45) is 0 Å². The Balaban J connectivity index is 0.000000199. The van der Waals surface area contributed by atoms with Gasteiger partial charge < -0.3 is 10.4 Å². The zero-order valence-electron chi connectivity index (χ0n) is 10.8. The zero-order chi connectivity index (χ0) is 15.5. The van der Waals surface area contributed by atoms with Gasteiger partial charge in [0.25, 0.3) is 0 Å². The zero-order valence-corrected chi connectivity index (χ0v) is 10.8. The molecule has 0 saturated carbocycles. The van der Waals surface area contributed by atoms with Crippen LogP contribution in [0, 0.1) is 0 Å². The molecule has 2 aromatic rings. The van der Waals surface area contributed by atoms with Crippen molar-refractivity contribution in [1.82, 2.24) is 15.1 Å². The molecule has 2 heterocycles. The molecule has 0 bridgehead atoms. The molecule has 1 aliphatic rings. The van der Waals surface area contributed by atoms with Crippen LogP contribution in [0.5, 0.6) is 0 Å². The lowest BCUT2D eigenvalue weighted by atomic mass is 10.1. The highest BCUT2D eigenvalue weighted by Gasteiger charge is 2.38. The number of benzene rings is 1. The largest absolute Gasteiger partial charge is 0.490 e. The van der Waals surface area contributed by atoms with Crippen molar-refractivity contribution < 1.29 is 23.1 Å². The van der Waals surface area contributed by atoms with Crippen LogP contribution in [0.4, 0.5) is 13.2 Å². The van der Waals surface area contributed by atoms with Crippen molar-refractivity contribution >= 4 is 5.97 Å². The number of halogens is 3. The Morgan fingerprint density at radius 3 is 2.52 bits per heavy atom. The third-order valence-electron chi connectivity index (χ3n) is 2.83. The summed E-state index contributed by atoms with van der Waals surface area (Å²) >= 11 is 0. The fourth-order valence-electron chi connectivity index (χ4n) is 1.85. The topological polar surface area (TPSA) is 67.1 Å². The van der Waals surface area contributed by atoms with Gasteiger partial charge in [-0.1, -0.05) is 6.07 Å². The summed E-state index contributed by atoms with van der Waals surface area (Å²) in [6.07, 6.45) is -1.32. The maximum atomic E-state index is 10.6. The lowest BCUT2D eigenvalue weighted by Crippen LogP contribution is -2.21. The number of carboxylic acids is 1. The van der Waals surface area contributed by atoms with Crippen LogP contribution in [-0.4, -0.2) is 27.0 Å². The van der Waals surface area contributed by atoms with E-state index in [2.05, 4.69) is 28.6 Å². The average molecular weight is 299 g/mol. The first kappa shape index (κ1) is 15.0. The van der Waals surface area contributed by atoms with Gasteiger partial charge in [-0.25, -0.2) is 9.48 Å². The van der Waals surface area contributed by atoms with E-state index in [1.54, 1.807) is 6.20 Å². The number of aromatic nitrogens is 2. The van der Waals surface area contributed by atoms with Crippen molar-refractivity contribution in [3.8, 4) is 5.69 Å². The molecule has 0 saturated heterocycles. The van der Waals surface area contributed by atoms with Gasteiger partial charge in [0.05, 0.1) is 5.69 Å². The molecule has 1 aromatic carbocycles. The van der Waals surface area contributed by atoms with E-state index in [1.165, 1.54) is 11.1 Å². The first-order valence-corrected chi connectivity index (χ1v) is 6.00.